The average Bonchev–Trinajstić information content (AvgIpc) is 2.92. The highest BCUT2D eigenvalue weighted by molar-refractivity contribution is 7.94. The van der Waals surface area contributed by atoms with E-state index in [4.69, 9.17) is 4.74 Å². The van der Waals surface area contributed by atoms with Crippen molar-refractivity contribution in [3.63, 3.8) is 0 Å². The lowest BCUT2D eigenvalue weighted by Gasteiger charge is -2.29. The molecule has 0 bridgehead atoms. The molecular formula is C14H16N2O5S3. The number of nitrogens with zero attached hydrogens (tertiary/aromatic N) is 1. The minimum Gasteiger partial charge on any atom is -0.489 e. The van der Waals surface area contributed by atoms with E-state index in [-0.39, 0.29) is 23.0 Å². The Hall–Kier alpha value is -1.78. The van der Waals surface area contributed by atoms with Gasteiger partial charge >= 0.3 is 0 Å². The van der Waals surface area contributed by atoms with E-state index in [0.29, 0.717) is 11.4 Å². The molecule has 0 amide bonds. The van der Waals surface area contributed by atoms with E-state index in [1.807, 2.05) is 6.92 Å². The fraction of sp³-hybridized carbons (Fsp3) is 0.286. The van der Waals surface area contributed by atoms with Crippen molar-refractivity contribution in [1.82, 2.24) is 0 Å². The van der Waals surface area contributed by atoms with Gasteiger partial charge in [0, 0.05) is 4.88 Å². The standard InChI is InChI=1S/C14H16N2O5S3/c1-10-3-6-14(22-10)24(19,20)15-11-4-5-13-12(9-11)16(7-8-21-13)23(2,17)18/h3-6,9,15H,7-8H2,1-2H3. The fourth-order valence-electron chi connectivity index (χ4n) is 2.36. The maximum Gasteiger partial charge on any atom is 0.271 e. The van der Waals surface area contributed by atoms with Gasteiger partial charge in [-0.2, -0.15) is 0 Å². The molecule has 0 saturated heterocycles. The SMILES string of the molecule is Cc1ccc(S(=O)(=O)Nc2ccc3c(c2)N(S(C)(=O)=O)CCO3)s1. The minimum atomic E-state index is -3.71. The smallest absolute Gasteiger partial charge is 0.271 e. The molecule has 7 nitrogen and oxygen atoms in total. The Labute approximate surface area is 145 Å². The van der Waals surface area contributed by atoms with E-state index in [1.54, 1.807) is 18.2 Å². The van der Waals surface area contributed by atoms with Crippen LogP contribution in [0.4, 0.5) is 11.4 Å². The van der Waals surface area contributed by atoms with Crippen molar-refractivity contribution in [2.24, 2.45) is 0 Å². The van der Waals surface area contributed by atoms with Crippen molar-refractivity contribution < 1.29 is 21.6 Å². The van der Waals surface area contributed by atoms with Crippen LogP contribution in [0.5, 0.6) is 5.75 Å². The second-order valence-electron chi connectivity index (χ2n) is 5.34. The van der Waals surface area contributed by atoms with Gasteiger partial charge in [0.25, 0.3) is 10.0 Å². The van der Waals surface area contributed by atoms with Gasteiger partial charge in [0.15, 0.2) is 0 Å². The van der Waals surface area contributed by atoms with Crippen LogP contribution in [-0.2, 0) is 20.0 Å². The molecule has 3 rings (SSSR count). The Kier molecular flexibility index (Phi) is 4.22. The van der Waals surface area contributed by atoms with Gasteiger partial charge in [0.05, 0.1) is 24.2 Å². The van der Waals surface area contributed by atoms with Gasteiger partial charge in [0.1, 0.15) is 16.6 Å². The Bertz CT molecular complexity index is 980. The zero-order valence-electron chi connectivity index (χ0n) is 13.0. The molecule has 10 heteroatoms. The Balaban J connectivity index is 1.97. The van der Waals surface area contributed by atoms with Crippen molar-refractivity contribution in [2.45, 2.75) is 11.1 Å². The van der Waals surface area contributed by atoms with Gasteiger partial charge in [-0.05, 0) is 37.3 Å². The summed E-state index contributed by atoms with van der Waals surface area (Å²) >= 11 is 1.17. The summed E-state index contributed by atoms with van der Waals surface area (Å²) in [7, 11) is -7.18. The van der Waals surface area contributed by atoms with E-state index < -0.39 is 20.0 Å². The van der Waals surface area contributed by atoms with Crippen LogP contribution in [0.2, 0.25) is 0 Å². The van der Waals surface area contributed by atoms with E-state index in [1.165, 1.54) is 27.8 Å². The number of fused-ring (bicyclic) bond motifs is 1. The van der Waals surface area contributed by atoms with Crippen LogP contribution in [0.1, 0.15) is 4.88 Å². The third kappa shape index (κ3) is 3.35. The van der Waals surface area contributed by atoms with Crippen molar-refractivity contribution in [1.29, 1.82) is 0 Å². The van der Waals surface area contributed by atoms with Crippen LogP contribution < -0.4 is 13.8 Å². The van der Waals surface area contributed by atoms with Crippen LogP contribution in [0, 0.1) is 6.92 Å². The van der Waals surface area contributed by atoms with E-state index in [0.717, 1.165) is 11.1 Å². The predicted octanol–water partition coefficient (Wildman–Crippen LogP) is 2.02. The third-order valence-electron chi connectivity index (χ3n) is 3.41. The van der Waals surface area contributed by atoms with Crippen molar-refractivity contribution in [3.8, 4) is 5.75 Å². The second-order valence-corrected chi connectivity index (χ2v) is 10.4. The van der Waals surface area contributed by atoms with Gasteiger partial charge < -0.3 is 4.74 Å². The maximum atomic E-state index is 12.4. The first kappa shape index (κ1) is 17.1. The number of ether oxygens (including phenoxy) is 1. The number of thiophene rings is 1. The zero-order valence-corrected chi connectivity index (χ0v) is 15.5. The van der Waals surface area contributed by atoms with Gasteiger partial charge in [-0.25, -0.2) is 16.8 Å². The molecule has 1 N–H and O–H groups in total. The Morgan fingerprint density at radius 3 is 2.54 bits per heavy atom. The summed E-state index contributed by atoms with van der Waals surface area (Å²) < 4.78 is 57.9. The molecule has 0 fully saturated rings. The molecule has 2 heterocycles. The van der Waals surface area contributed by atoms with Gasteiger partial charge in [-0.15, -0.1) is 11.3 Å². The summed E-state index contributed by atoms with van der Waals surface area (Å²) in [6.45, 7) is 2.26. The number of anilines is 2. The lowest BCUT2D eigenvalue weighted by Crippen LogP contribution is -2.37. The van der Waals surface area contributed by atoms with Crippen LogP contribution in [0.3, 0.4) is 0 Å². The molecule has 0 radical (unpaired) electrons. The molecule has 1 aliphatic heterocycles. The molecule has 130 valence electrons. The maximum absolute atomic E-state index is 12.4. The van der Waals surface area contributed by atoms with E-state index >= 15 is 0 Å². The first-order chi connectivity index (χ1) is 11.2. The first-order valence-corrected chi connectivity index (χ1v) is 11.2. The van der Waals surface area contributed by atoms with Crippen LogP contribution >= 0.6 is 11.3 Å². The van der Waals surface area contributed by atoms with Gasteiger partial charge in [-0.3, -0.25) is 9.03 Å². The number of nitrogens with one attached hydrogen (secondary N) is 1. The summed E-state index contributed by atoms with van der Waals surface area (Å²) in [6, 6.07) is 7.83. The summed E-state index contributed by atoms with van der Waals surface area (Å²) in [5, 5.41) is 0. The first-order valence-electron chi connectivity index (χ1n) is 7.01. The van der Waals surface area contributed by atoms with Gasteiger partial charge in [-0.1, -0.05) is 0 Å². The van der Waals surface area contributed by atoms with E-state index in [9.17, 15) is 16.8 Å². The number of benzene rings is 1. The highest BCUT2D eigenvalue weighted by atomic mass is 32.2. The number of rotatable bonds is 4. The lowest BCUT2D eigenvalue weighted by atomic mass is 10.2. The molecule has 24 heavy (non-hydrogen) atoms. The van der Waals surface area contributed by atoms with Crippen molar-refractivity contribution in [3.05, 3.63) is 35.2 Å². The summed E-state index contributed by atoms with van der Waals surface area (Å²) in [5.41, 5.74) is 0.602. The minimum absolute atomic E-state index is 0.187. The zero-order chi connectivity index (χ0) is 17.5. The average molecular weight is 388 g/mol. The number of aryl methyl sites for hydroxylation is 1. The van der Waals surface area contributed by atoms with Crippen molar-refractivity contribution in [2.75, 3.05) is 28.4 Å². The molecular weight excluding hydrogens is 372 g/mol. The highest BCUT2D eigenvalue weighted by Gasteiger charge is 2.26. The largest absolute Gasteiger partial charge is 0.489 e. The Morgan fingerprint density at radius 2 is 1.92 bits per heavy atom. The number of sulfonamides is 2. The van der Waals surface area contributed by atoms with Crippen LogP contribution in [-0.4, -0.2) is 36.2 Å². The molecule has 0 aliphatic carbocycles. The second kappa shape index (κ2) is 5.94. The predicted molar refractivity (Wildman–Crippen MR) is 94.0 cm³/mol. The monoisotopic (exact) mass is 388 g/mol. The molecule has 0 saturated carbocycles. The molecule has 1 aromatic heterocycles. The normalized spacial score (nSPS) is 14.8. The highest BCUT2D eigenvalue weighted by Crippen LogP contribution is 2.36. The lowest BCUT2D eigenvalue weighted by molar-refractivity contribution is 0.316. The number of hydrogen-bond acceptors (Lipinski definition) is 6. The third-order valence-corrected chi connectivity index (χ3v) is 7.47. The molecule has 0 spiro atoms. The molecule has 0 unspecified atom stereocenters. The molecule has 0 atom stereocenters. The van der Waals surface area contributed by atoms with Crippen LogP contribution in [0.15, 0.2) is 34.5 Å². The molecule has 2 aromatic rings. The summed E-state index contributed by atoms with van der Waals surface area (Å²) in [5.74, 6) is 0.404. The quantitative estimate of drug-likeness (QED) is 0.865. The molecule has 1 aliphatic rings. The van der Waals surface area contributed by atoms with E-state index in [2.05, 4.69) is 4.72 Å². The van der Waals surface area contributed by atoms with Gasteiger partial charge in [0.2, 0.25) is 10.0 Å². The van der Waals surface area contributed by atoms with Crippen LogP contribution in [0.25, 0.3) is 0 Å². The summed E-state index contributed by atoms with van der Waals surface area (Å²) in [4.78, 5) is 0.887. The summed E-state index contributed by atoms with van der Waals surface area (Å²) in [6.07, 6.45) is 1.10. The molecule has 1 aromatic carbocycles. The van der Waals surface area contributed by atoms with Crippen molar-refractivity contribution >= 4 is 42.8 Å². The Morgan fingerprint density at radius 1 is 1.17 bits per heavy atom. The topological polar surface area (TPSA) is 92.8 Å². The fourth-order valence-corrected chi connectivity index (χ4v) is 5.60. The number of hydrogen-bond donors (Lipinski definition) is 1.